The summed E-state index contributed by atoms with van der Waals surface area (Å²) in [5.41, 5.74) is 0. The van der Waals surface area contributed by atoms with Crippen LogP contribution in [0.25, 0.3) is 0 Å². The van der Waals surface area contributed by atoms with Crippen LogP contribution in [-0.4, -0.2) is 62.1 Å². The van der Waals surface area contributed by atoms with Gasteiger partial charge in [-0.05, 0) is 59.3 Å². The van der Waals surface area contributed by atoms with E-state index in [1.165, 1.54) is 38.9 Å². The second-order valence-electron chi connectivity index (χ2n) is 5.47. The van der Waals surface area contributed by atoms with Crippen LogP contribution < -0.4 is 0 Å². The molecule has 0 atom stereocenters. The standard InChI is InChI=1S/C15H30N2O2/c1-3-19-15(18)9-5-4-6-10-16(2)13-14-17-11-7-8-12-17/h3-14H2,1-2H3. The Kier molecular flexibility index (Phi) is 8.84. The van der Waals surface area contributed by atoms with Crippen molar-refractivity contribution in [2.75, 3.05) is 46.4 Å². The number of nitrogens with zero attached hydrogens (tertiary/aromatic N) is 2. The zero-order valence-corrected chi connectivity index (χ0v) is 12.7. The number of likely N-dealkylation sites (N-methyl/N-ethyl adjacent to an activating group) is 1. The van der Waals surface area contributed by atoms with Gasteiger partial charge in [-0.15, -0.1) is 0 Å². The highest BCUT2D eigenvalue weighted by molar-refractivity contribution is 5.69. The van der Waals surface area contributed by atoms with Crippen molar-refractivity contribution < 1.29 is 9.53 Å². The summed E-state index contributed by atoms with van der Waals surface area (Å²) in [5.74, 6) is -0.0510. The molecule has 1 fully saturated rings. The van der Waals surface area contributed by atoms with Crippen LogP contribution in [0.1, 0.15) is 45.4 Å². The quantitative estimate of drug-likeness (QED) is 0.450. The molecule has 1 saturated heterocycles. The summed E-state index contributed by atoms with van der Waals surface area (Å²) in [7, 11) is 2.20. The monoisotopic (exact) mass is 270 g/mol. The summed E-state index contributed by atoms with van der Waals surface area (Å²) in [6.07, 6.45) is 6.57. The molecule has 0 aromatic heterocycles. The number of ether oxygens (including phenoxy) is 1. The van der Waals surface area contributed by atoms with E-state index in [0.717, 1.165) is 25.9 Å². The van der Waals surface area contributed by atoms with Crippen LogP contribution in [0.3, 0.4) is 0 Å². The topological polar surface area (TPSA) is 32.8 Å². The fourth-order valence-corrected chi connectivity index (χ4v) is 2.49. The number of unbranched alkanes of at least 4 members (excludes halogenated alkanes) is 2. The van der Waals surface area contributed by atoms with Gasteiger partial charge in [-0.2, -0.15) is 0 Å². The normalized spacial score (nSPS) is 16.2. The Labute approximate surface area is 118 Å². The molecule has 4 heteroatoms. The van der Waals surface area contributed by atoms with E-state index in [2.05, 4.69) is 16.8 Å². The van der Waals surface area contributed by atoms with Gasteiger partial charge in [0.25, 0.3) is 0 Å². The zero-order chi connectivity index (χ0) is 13.9. The second-order valence-corrected chi connectivity index (χ2v) is 5.47. The second kappa shape index (κ2) is 10.2. The maximum absolute atomic E-state index is 11.2. The molecular formula is C15H30N2O2. The number of likely N-dealkylation sites (tertiary alicyclic amines) is 1. The molecule has 0 bridgehead atoms. The average molecular weight is 270 g/mol. The molecule has 19 heavy (non-hydrogen) atoms. The molecule has 0 aromatic rings. The lowest BCUT2D eigenvalue weighted by Crippen LogP contribution is -2.31. The minimum Gasteiger partial charge on any atom is -0.466 e. The van der Waals surface area contributed by atoms with E-state index in [0.29, 0.717) is 13.0 Å². The molecular weight excluding hydrogens is 240 g/mol. The SMILES string of the molecule is CCOC(=O)CCCCCN(C)CCN1CCCC1. The van der Waals surface area contributed by atoms with Crippen LogP contribution in [0.5, 0.6) is 0 Å². The van der Waals surface area contributed by atoms with Gasteiger partial charge in [0.2, 0.25) is 0 Å². The minimum atomic E-state index is -0.0510. The minimum absolute atomic E-state index is 0.0510. The van der Waals surface area contributed by atoms with Gasteiger partial charge in [-0.3, -0.25) is 4.79 Å². The predicted octanol–water partition coefficient (Wildman–Crippen LogP) is 2.14. The third-order valence-corrected chi connectivity index (χ3v) is 3.72. The number of carbonyl (C=O) groups excluding carboxylic acids is 1. The molecule has 0 unspecified atom stereocenters. The van der Waals surface area contributed by atoms with Crippen molar-refractivity contribution in [2.24, 2.45) is 0 Å². The molecule has 112 valence electrons. The first kappa shape index (κ1) is 16.4. The van der Waals surface area contributed by atoms with E-state index in [-0.39, 0.29) is 5.97 Å². The third-order valence-electron chi connectivity index (χ3n) is 3.72. The summed E-state index contributed by atoms with van der Waals surface area (Å²) in [4.78, 5) is 16.1. The van der Waals surface area contributed by atoms with E-state index in [4.69, 9.17) is 4.74 Å². The lowest BCUT2D eigenvalue weighted by Gasteiger charge is -2.21. The van der Waals surface area contributed by atoms with Crippen molar-refractivity contribution in [1.29, 1.82) is 0 Å². The average Bonchev–Trinajstić information content (AvgIpc) is 2.89. The van der Waals surface area contributed by atoms with Gasteiger partial charge in [-0.25, -0.2) is 0 Å². The maximum Gasteiger partial charge on any atom is 0.305 e. The first-order chi connectivity index (χ1) is 9.22. The molecule has 0 aliphatic carbocycles. The van der Waals surface area contributed by atoms with Crippen molar-refractivity contribution in [3.05, 3.63) is 0 Å². The van der Waals surface area contributed by atoms with Crippen LogP contribution in [-0.2, 0) is 9.53 Å². The van der Waals surface area contributed by atoms with Crippen LogP contribution in [0.2, 0.25) is 0 Å². The molecule has 1 rings (SSSR count). The highest BCUT2D eigenvalue weighted by atomic mass is 16.5. The number of rotatable bonds is 10. The zero-order valence-electron chi connectivity index (χ0n) is 12.7. The van der Waals surface area contributed by atoms with Crippen molar-refractivity contribution in [3.63, 3.8) is 0 Å². The molecule has 1 heterocycles. The Balaban J connectivity index is 1.89. The number of esters is 1. The number of hydrogen-bond donors (Lipinski definition) is 0. The summed E-state index contributed by atoms with van der Waals surface area (Å²) >= 11 is 0. The first-order valence-electron chi connectivity index (χ1n) is 7.79. The van der Waals surface area contributed by atoms with Crippen LogP contribution >= 0.6 is 0 Å². The van der Waals surface area contributed by atoms with E-state index in [9.17, 15) is 4.79 Å². The van der Waals surface area contributed by atoms with Gasteiger partial charge >= 0.3 is 5.97 Å². The molecule has 0 amide bonds. The molecule has 1 aliphatic heterocycles. The van der Waals surface area contributed by atoms with E-state index < -0.39 is 0 Å². The van der Waals surface area contributed by atoms with Crippen molar-refractivity contribution >= 4 is 5.97 Å². The molecule has 0 spiro atoms. The smallest absolute Gasteiger partial charge is 0.305 e. The summed E-state index contributed by atoms with van der Waals surface area (Å²) in [6.45, 7) is 8.43. The van der Waals surface area contributed by atoms with Gasteiger partial charge in [0.15, 0.2) is 0 Å². The fourth-order valence-electron chi connectivity index (χ4n) is 2.49. The lowest BCUT2D eigenvalue weighted by atomic mass is 10.2. The van der Waals surface area contributed by atoms with Gasteiger partial charge in [0, 0.05) is 19.5 Å². The van der Waals surface area contributed by atoms with Crippen LogP contribution in [0, 0.1) is 0 Å². The Bertz CT molecular complexity index is 240. The predicted molar refractivity (Wildman–Crippen MR) is 78.3 cm³/mol. The van der Waals surface area contributed by atoms with Gasteiger partial charge in [0.05, 0.1) is 6.61 Å². The Morgan fingerprint density at radius 3 is 2.58 bits per heavy atom. The molecule has 0 saturated carbocycles. The molecule has 0 radical (unpaired) electrons. The molecule has 1 aliphatic rings. The van der Waals surface area contributed by atoms with E-state index in [1.807, 2.05) is 6.92 Å². The summed E-state index contributed by atoms with van der Waals surface area (Å²) < 4.78 is 4.91. The summed E-state index contributed by atoms with van der Waals surface area (Å²) in [6, 6.07) is 0. The fraction of sp³-hybridized carbons (Fsp3) is 0.933. The van der Waals surface area contributed by atoms with Crippen molar-refractivity contribution in [3.8, 4) is 0 Å². The third kappa shape index (κ3) is 8.22. The Morgan fingerprint density at radius 2 is 1.89 bits per heavy atom. The van der Waals surface area contributed by atoms with Crippen molar-refractivity contribution in [2.45, 2.75) is 45.4 Å². The molecule has 4 nitrogen and oxygen atoms in total. The summed E-state index contributed by atoms with van der Waals surface area (Å²) in [5, 5.41) is 0. The number of hydrogen-bond acceptors (Lipinski definition) is 4. The molecule has 0 aromatic carbocycles. The van der Waals surface area contributed by atoms with Crippen LogP contribution in [0.4, 0.5) is 0 Å². The highest BCUT2D eigenvalue weighted by Gasteiger charge is 2.11. The number of carbonyl (C=O) groups is 1. The highest BCUT2D eigenvalue weighted by Crippen LogP contribution is 2.07. The van der Waals surface area contributed by atoms with Crippen LogP contribution in [0.15, 0.2) is 0 Å². The van der Waals surface area contributed by atoms with E-state index >= 15 is 0 Å². The largest absolute Gasteiger partial charge is 0.466 e. The molecule has 0 N–H and O–H groups in total. The Morgan fingerprint density at radius 1 is 1.16 bits per heavy atom. The van der Waals surface area contributed by atoms with Crippen molar-refractivity contribution in [1.82, 2.24) is 9.80 Å². The first-order valence-corrected chi connectivity index (χ1v) is 7.79. The Hall–Kier alpha value is -0.610. The van der Waals surface area contributed by atoms with Gasteiger partial charge in [0.1, 0.15) is 0 Å². The lowest BCUT2D eigenvalue weighted by molar-refractivity contribution is -0.143. The van der Waals surface area contributed by atoms with Gasteiger partial charge in [-0.1, -0.05) is 6.42 Å². The van der Waals surface area contributed by atoms with Gasteiger partial charge < -0.3 is 14.5 Å². The maximum atomic E-state index is 11.2. The van der Waals surface area contributed by atoms with E-state index in [1.54, 1.807) is 0 Å².